The van der Waals surface area contributed by atoms with Gasteiger partial charge in [0.25, 0.3) is 0 Å². The monoisotopic (exact) mass is 370 g/mol. The van der Waals surface area contributed by atoms with Gasteiger partial charge >= 0.3 is 0 Å². The summed E-state index contributed by atoms with van der Waals surface area (Å²) in [4.78, 5) is 8.92. The van der Waals surface area contributed by atoms with Crippen molar-refractivity contribution in [1.29, 1.82) is 0 Å². The molecule has 0 aliphatic heterocycles. The van der Waals surface area contributed by atoms with Crippen molar-refractivity contribution in [3.63, 3.8) is 0 Å². The Morgan fingerprint density at radius 1 is 0.923 bits per heavy atom. The molecule has 3 rings (SSSR count). The number of halogens is 1. The number of anilines is 4. The Kier molecular flexibility index (Phi) is 5.43. The van der Waals surface area contributed by atoms with Crippen molar-refractivity contribution < 1.29 is 9.47 Å². The maximum absolute atomic E-state index is 6.02. The second kappa shape index (κ2) is 7.93. The van der Waals surface area contributed by atoms with E-state index in [0.717, 1.165) is 22.8 Å². The maximum atomic E-state index is 6.02. The largest absolute Gasteiger partial charge is 0.497 e. The SMILES string of the molecule is COc1ccc(Nc2cc(C)nc(Nc3cccc(Cl)c3)n2)c(OC)c1. The van der Waals surface area contributed by atoms with E-state index in [1.807, 2.05) is 55.5 Å². The second-order valence-electron chi connectivity index (χ2n) is 5.54. The van der Waals surface area contributed by atoms with Gasteiger partial charge < -0.3 is 20.1 Å². The van der Waals surface area contributed by atoms with Gasteiger partial charge in [-0.15, -0.1) is 0 Å². The summed E-state index contributed by atoms with van der Waals surface area (Å²) in [5.41, 5.74) is 2.41. The zero-order valence-electron chi connectivity index (χ0n) is 14.7. The van der Waals surface area contributed by atoms with E-state index in [1.165, 1.54) is 0 Å². The summed E-state index contributed by atoms with van der Waals surface area (Å²) in [5.74, 6) is 2.49. The second-order valence-corrected chi connectivity index (χ2v) is 5.98. The van der Waals surface area contributed by atoms with Crippen LogP contribution in [0.5, 0.6) is 11.5 Å². The molecule has 0 amide bonds. The Labute approximate surface area is 157 Å². The van der Waals surface area contributed by atoms with Gasteiger partial charge in [0.05, 0.1) is 19.9 Å². The molecule has 26 heavy (non-hydrogen) atoms. The van der Waals surface area contributed by atoms with E-state index in [2.05, 4.69) is 20.6 Å². The van der Waals surface area contributed by atoms with Gasteiger partial charge in [0.15, 0.2) is 0 Å². The lowest BCUT2D eigenvalue weighted by Crippen LogP contribution is -2.03. The number of benzene rings is 2. The van der Waals surface area contributed by atoms with E-state index >= 15 is 0 Å². The molecule has 0 spiro atoms. The molecule has 0 aliphatic rings. The third-order valence-corrected chi connectivity index (χ3v) is 3.84. The quantitative estimate of drug-likeness (QED) is 0.640. The van der Waals surface area contributed by atoms with Crippen molar-refractivity contribution in [2.45, 2.75) is 6.92 Å². The van der Waals surface area contributed by atoms with Crippen LogP contribution >= 0.6 is 11.6 Å². The van der Waals surface area contributed by atoms with Crippen LogP contribution in [-0.4, -0.2) is 24.2 Å². The first-order valence-electron chi connectivity index (χ1n) is 7.94. The molecule has 1 heterocycles. The van der Waals surface area contributed by atoms with Crippen molar-refractivity contribution in [2.24, 2.45) is 0 Å². The van der Waals surface area contributed by atoms with E-state index in [1.54, 1.807) is 14.2 Å². The number of nitrogens with one attached hydrogen (secondary N) is 2. The first-order valence-corrected chi connectivity index (χ1v) is 8.32. The molecule has 3 aromatic rings. The van der Waals surface area contributed by atoms with Gasteiger partial charge in [-0.05, 0) is 37.3 Å². The highest BCUT2D eigenvalue weighted by atomic mass is 35.5. The molecule has 1 aromatic heterocycles. The molecule has 7 heteroatoms. The predicted molar refractivity (Wildman–Crippen MR) is 104 cm³/mol. The molecule has 0 saturated heterocycles. The van der Waals surface area contributed by atoms with E-state index in [4.69, 9.17) is 21.1 Å². The van der Waals surface area contributed by atoms with E-state index in [9.17, 15) is 0 Å². The molecule has 134 valence electrons. The summed E-state index contributed by atoms with van der Waals surface area (Å²) in [5, 5.41) is 7.06. The Hall–Kier alpha value is -2.99. The zero-order valence-corrected chi connectivity index (χ0v) is 15.5. The van der Waals surface area contributed by atoms with Crippen LogP contribution in [0.4, 0.5) is 23.1 Å². The van der Waals surface area contributed by atoms with Crippen molar-refractivity contribution >= 4 is 34.7 Å². The number of rotatable bonds is 6. The fraction of sp³-hybridized carbons (Fsp3) is 0.158. The van der Waals surface area contributed by atoms with Crippen molar-refractivity contribution in [2.75, 3.05) is 24.9 Å². The molecule has 0 radical (unpaired) electrons. The van der Waals surface area contributed by atoms with Crippen LogP contribution in [-0.2, 0) is 0 Å². The molecule has 0 aliphatic carbocycles. The number of ether oxygens (including phenoxy) is 2. The van der Waals surface area contributed by atoms with Crippen LogP contribution in [0.2, 0.25) is 5.02 Å². The average Bonchev–Trinajstić information content (AvgIpc) is 2.61. The Morgan fingerprint density at radius 2 is 1.77 bits per heavy atom. The summed E-state index contributed by atoms with van der Waals surface area (Å²) in [6, 6.07) is 14.8. The molecule has 2 N–H and O–H groups in total. The van der Waals surface area contributed by atoms with Crippen molar-refractivity contribution in [3.8, 4) is 11.5 Å². The minimum absolute atomic E-state index is 0.474. The Bertz CT molecular complexity index is 918. The van der Waals surface area contributed by atoms with Gasteiger partial charge in [-0.1, -0.05) is 17.7 Å². The molecule has 2 aromatic carbocycles. The average molecular weight is 371 g/mol. The van der Waals surface area contributed by atoms with Gasteiger partial charge in [-0.2, -0.15) is 4.98 Å². The summed E-state index contributed by atoms with van der Waals surface area (Å²) in [6.45, 7) is 1.90. The summed E-state index contributed by atoms with van der Waals surface area (Å²) in [7, 11) is 3.22. The molecule has 6 nitrogen and oxygen atoms in total. The summed E-state index contributed by atoms with van der Waals surface area (Å²) >= 11 is 6.02. The Balaban J connectivity index is 1.86. The lowest BCUT2D eigenvalue weighted by atomic mass is 10.2. The normalized spacial score (nSPS) is 10.3. The molecule has 0 unspecified atom stereocenters. The standard InChI is InChI=1S/C19H19ClN4O2/c1-12-9-18(23-16-8-7-15(25-2)11-17(16)26-3)24-19(21-12)22-14-6-4-5-13(20)10-14/h4-11H,1-3H3,(H2,21,22,23,24). The highest BCUT2D eigenvalue weighted by Crippen LogP contribution is 2.31. The van der Waals surface area contributed by atoms with Crippen molar-refractivity contribution in [1.82, 2.24) is 9.97 Å². The van der Waals surface area contributed by atoms with Crippen LogP contribution < -0.4 is 20.1 Å². The highest BCUT2D eigenvalue weighted by molar-refractivity contribution is 6.30. The van der Waals surface area contributed by atoms with Gasteiger partial charge in [-0.25, -0.2) is 4.98 Å². The minimum atomic E-state index is 0.474. The smallest absolute Gasteiger partial charge is 0.229 e. The van der Waals surface area contributed by atoms with Crippen LogP contribution in [0.25, 0.3) is 0 Å². The number of hydrogen-bond donors (Lipinski definition) is 2. The van der Waals surface area contributed by atoms with Crippen LogP contribution in [0, 0.1) is 6.92 Å². The lowest BCUT2D eigenvalue weighted by molar-refractivity contribution is 0.395. The molecule has 0 fully saturated rings. The lowest BCUT2D eigenvalue weighted by Gasteiger charge is -2.13. The molecule has 0 saturated carbocycles. The predicted octanol–water partition coefficient (Wildman–Crippen LogP) is 4.94. The Morgan fingerprint density at radius 3 is 2.50 bits per heavy atom. The molecule has 0 bridgehead atoms. The summed E-state index contributed by atoms with van der Waals surface area (Å²) < 4.78 is 10.6. The van der Waals surface area contributed by atoms with E-state index in [-0.39, 0.29) is 0 Å². The maximum Gasteiger partial charge on any atom is 0.229 e. The molecular formula is C19H19ClN4O2. The molecular weight excluding hydrogens is 352 g/mol. The van der Waals surface area contributed by atoms with Crippen LogP contribution in [0.3, 0.4) is 0 Å². The first kappa shape index (κ1) is 17.8. The fourth-order valence-corrected chi connectivity index (χ4v) is 2.61. The highest BCUT2D eigenvalue weighted by Gasteiger charge is 2.08. The zero-order chi connectivity index (χ0) is 18.5. The van der Waals surface area contributed by atoms with E-state index < -0.39 is 0 Å². The van der Waals surface area contributed by atoms with E-state index in [0.29, 0.717) is 22.5 Å². The van der Waals surface area contributed by atoms with Crippen molar-refractivity contribution in [3.05, 3.63) is 59.2 Å². The number of aryl methyl sites for hydroxylation is 1. The number of hydrogen-bond acceptors (Lipinski definition) is 6. The summed E-state index contributed by atoms with van der Waals surface area (Å²) in [6.07, 6.45) is 0. The third kappa shape index (κ3) is 4.34. The fourth-order valence-electron chi connectivity index (χ4n) is 2.42. The van der Waals surface area contributed by atoms with Gasteiger partial charge in [0, 0.05) is 28.5 Å². The van der Waals surface area contributed by atoms with Gasteiger partial charge in [0.1, 0.15) is 17.3 Å². The number of methoxy groups -OCH3 is 2. The number of nitrogens with zero attached hydrogens (tertiary/aromatic N) is 2. The number of aromatic nitrogens is 2. The topological polar surface area (TPSA) is 68.3 Å². The third-order valence-electron chi connectivity index (χ3n) is 3.61. The van der Waals surface area contributed by atoms with Crippen LogP contribution in [0.15, 0.2) is 48.5 Å². The molecule has 0 atom stereocenters. The first-order chi connectivity index (χ1) is 12.6. The van der Waals surface area contributed by atoms with Gasteiger partial charge in [-0.3, -0.25) is 0 Å². The minimum Gasteiger partial charge on any atom is -0.497 e. The van der Waals surface area contributed by atoms with Crippen LogP contribution in [0.1, 0.15) is 5.69 Å². The van der Waals surface area contributed by atoms with Gasteiger partial charge in [0.2, 0.25) is 5.95 Å².